The van der Waals surface area contributed by atoms with Crippen molar-refractivity contribution in [2.75, 3.05) is 13.1 Å². The molecule has 0 fully saturated rings. The Morgan fingerprint density at radius 3 is 2.47 bits per heavy atom. The molecule has 0 aliphatic rings. The number of nitrogens with zero attached hydrogens (tertiary/aromatic N) is 2. The molecule has 1 heterocycles. The van der Waals surface area contributed by atoms with Crippen LogP contribution in [0.1, 0.15) is 37.9 Å². The van der Waals surface area contributed by atoms with Crippen LogP contribution in [0.2, 0.25) is 0 Å². The van der Waals surface area contributed by atoms with Crippen molar-refractivity contribution in [3.8, 4) is 0 Å². The van der Waals surface area contributed by atoms with E-state index >= 15 is 0 Å². The van der Waals surface area contributed by atoms with Crippen molar-refractivity contribution in [2.24, 2.45) is 0 Å². The average Bonchev–Trinajstić information content (AvgIpc) is 2.28. The highest BCUT2D eigenvalue weighted by Gasteiger charge is 2.12. The highest BCUT2D eigenvalue weighted by Crippen LogP contribution is 2.04. The Labute approximate surface area is 104 Å². The van der Waals surface area contributed by atoms with Crippen molar-refractivity contribution in [3.63, 3.8) is 0 Å². The minimum Gasteiger partial charge on any atom is -0.342 e. The van der Waals surface area contributed by atoms with Gasteiger partial charge in [-0.1, -0.05) is 13.8 Å². The number of hydrogen-bond acceptors (Lipinski definition) is 2. The van der Waals surface area contributed by atoms with Crippen LogP contribution in [-0.2, 0) is 11.2 Å². The lowest BCUT2D eigenvalue weighted by molar-refractivity contribution is -0.130. The molecule has 0 saturated carbocycles. The van der Waals surface area contributed by atoms with Gasteiger partial charge in [0, 0.05) is 25.0 Å². The third kappa shape index (κ3) is 4.55. The minimum atomic E-state index is 0.187. The average molecular weight is 234 g/mol. The van der Waals surface area contributed by atoms with Crippen LogP contribution in [0.4, 0.5) is 0 Å². The zero-order valence-electron chi connectivity index (χ0n) is 11.1. The van der Waals surface area contributed by atoms with E-state index in [1.54, 1.807) is 6.20 Å². The molecule has 0 saturated heterocycles. The Hall–Kier alpha value is -1.38. The molecule has 0 radical (unpaired) electrons. The number of amides is 1. The first-order valence-electron chi connectivity index (χ1n) is 6.36. The maximum absolute atomic E-state index is 12.1. The zero-order valence-corrected chi connectivity index (χ0v) is 11.1. The highest BCUT2D eigenvalue weighted by atomic mass is 16.2. The van der Waals surface area contributed by atoms with Gasteiger partial charge in [0.2, 0.25) is 5.91 Å². The summed E-state index contributed by atoms with van der Waals surface area (Å²) < 4.78 is 0. The van der Waals surface area contributed by atoms with Crippen molar-refractivity contribution in [1.82, 2.24) is 9.88 Å². The van der Waals surface area contributed by atoms with E-state index in [9.17, 15) is 4.79 Å². The fourth-order valence-electron chi connectivity index (χ4n) is 1.86. The van der Waals surface area contributed by atoms with Crippen molar-refractivity contribution >= 4 is 5.91 Å². The molecule has 94 valence electrons. The molecule has 0 aromatic carbocycles. The van der Waals surface area contributed by atoms with Gasteiger partial charge in [0.25, 0.3) is 0 Å². The van der Waals surface area contributed by atoms with E-state index in [4.69, 9.17) is 0 Å². The molecule has 17 heavy (non-hydrogen) atoms. The predicted octanol–water partition coefficient (Wildman–Crippen LogP) is 2.58. The summed E-state index contributed by atoms with van der Waals surface area (Å²) in [7, 11) is 0. The summed E-state index contributed by atoms with van der Waals surface area (Å²) in [5.74, 6) is 0.187. The highest BCUT2D eigenvalue weighted by molar-refractivity contribution is 5.78. The van der Waals surface area contributed by atoms with Gasteiger partial charge in [0.15, 0.2) is 0 Å². The Morgan fingerprint density at radius 1 is 1.29 bits per heavy atom. The van der Waals surface area contributed by atoms with Crippen LogP contribution in [0.25, 0.3) is 0 Å². The SMILES string of the molecule is CCCN(CCC)C(=O)Cc1cc(C)ccn1. The first-order valence-corrected chi connectivity index (χ1v) is 6.36. The molecule has 0 bridgehead atoms. The summed E-state index contributed by atoms with van der Waals surface area (Å²) in [5.41, 5.74) is 2.02. The second kappa shape index (κ2) is 7.05. The number of carbonyl (C=O) groups is 1. The van der Waals surface area contributed by atoms with Gasteiger partial charge in [-0.25, -0.2) is 0 Å². The number of hydrogen-bond donors (Lipinski definition) is 0. The van der Waals surface area contributed by atoms with Crippen LogP contribution in [0.15, 0.2) is 18.3 Å². The van der Waals surface area contributed by atoms with E-state index in [1.165, 1.54) is 0 Å². The van der Waals surface area contributed by atoms with Crippen LogP contribution in [0.5, 0.6) is 0 Å². The fourth-order valence-corrected chi connectivity index (χ4v) is 1.86. The molecule has 3 nitrogen and oxygen atoms in total. The second-order valence-corrected chi connectivity index (χ2v) is 4.38. The van der Waals surface area contributed by atoms with E-state index in [-0.39, 0.29) is 5.91 Å². The van der Waals surface area contributed by atoms with Crippen molar-refractivity contribution in [3.05, 3.63) is 29.6 Å². The van der Waals surface area contributed by atoms with Gasteiger partial charge in [-0.15, -0.1) is 0 Å². The van der Waals surface area contributed by atoms with Gasteiger partial charge in [0.1, 0.15) is 0 Å². The molecule has 0 N–H and O–H groups in total. The van der Waals surface area contributed by atoms with Crippen molar-refractivity contribution in [2.45, 2.75) is 40.0 Å². The summed E-state index contributed by atoms with van der Waals surface area (Å²) in [6, 6.07) is 3.93. The third-order valence-electron chi connectivity index (χ3n) is 2.64. The summed E-state index contributed by atoms with van der Waals surface area (Å²) in [6.07, 6.45) is 4.20. The van der Waals surface area contributed by atoms with E-state index in [0.717, 1.165) is 37.2 Å². The quantitative estimate of drug-likeness (QED) is 0.758. The predicted molar refractivity (Wildman–Crippen MR) is 69.8 cm³/mol. The maximum atomic E-state index is 12.1. The second-order valence-electron chi connectivity index (χ2n) is 4.38. The first kappa shape index (κ1) is 13.7. The summed E-state index contributed by atoms with van der Waals surface area (Å²) in [5, 5.41) is 0. The van der Waals surface area contributed by atoms with Crippen LogP contribution in [-0.4, -0.2) is 28.9 Å². The Kier molecular flexibility index (Phi) is 5.67. The molecule has 1 rings (SSSR count). The standard InChI is InChI=1S/C14H22N2O/c1-4-8-16(9-5-2)14(17)11-13-10-12(3)6-7-15-13/h6-7,10H,4-5,8-9,11H2,1-3H3. The van der Waals surface area contributed by atoms with Gasteiger partial charge < -0.3 is 4.90 Å². The molecule has 1 aromatic rings. The van der Waals surface area contributed by atoms with Crippen molar-refractivity contribution in [1.29, 1.82) is 0 Å². The van der Waals surface area contributed by atoms with Gasteiger partial charge in [-0.05, 0) is 37.5 Å². The number of aromatic nitrogens is 1. The zero-order chi connectivity index (χ0) is 12.7. The number of rotatable bonds is 6. The third-order valence-corrected chi connectivity index (χ3v) is 2.64. The van der Waals surface area contributed by atoms with Gasteiger partial charge in [-0.3, -0.25) is 9.78 Å². The lowest BCUT2D eigenvalue weighted by atomic mass is 10.2. The monoisotopic (exact) mass is 234 g/mol. The summed E-state index contributed by atoms with van der Waals surface area (Å²) in [6.45, 7) is 7.91. The number of carbonyl (C=O) groups excluding carboxylic acids is 1. The smallest absolute Gasteiger partial charge is 0.228 e. The van der Waals surface area contributed by atoms with Crippen LogP contribution in [0, 0.1) is 6.92 Å². The molecule has 0 spiro atoms. The molecule has 1 amide bonds. The Morgan fingerprint density at radius 2 is 1.94 bits per heavy atom. The van der Waals surface area contributed by atoms with Crippen LogP contribution >= 0.6 is 0 Å². The normalized spacial score (nSPS) is 10.3. The summed E-state index contributed by atoms with van der Waals surface area (Å²) in [4.78, 5) is 18.3. The number of pyridine rings is 1. The Bertz CT molecular complexity index is 357. The fraction of sp³-hybridized carbons (Fsp3) is 0.571. The van der Waals surface area contributed by atoms with E-state index in [1.807, 2.05) is 24.0 Å². The first-order chi connectivity index (χ1) is 8.17. The molecular formula is C14H22N2O. The van der Waals surface area contributed by atoms with Crippen LogP contribution < -0.4 is 0 Å². The molecule has 0 aliphatic heterocycles. The molecule has 0 aliphatic carbocycles. The van der Waals surface area contributed by atoms with E-state index < -0.39 is 0 Å². The maximum Gasteiger partial charge on any atom is 0.228 e. The molecule has 0 atom stereocenters. The minimum absolute atomic E-state index is 0.187. The molecule has 0 unspecified atom stereocenters. The summed E-state index contributed by atoms with van der Waals surface area (Å²) >= 11 is 0. The Balaban J connectivity index is 2.62. The lowest BCUT2D eigenvalue weighted by Crippen LogP contribution is -2.33. The topological polar surface area (TPSA) is 33.2 Å². The van der Waals surface area contributed by atoms with Gasteiger partial charge in [0.05, 0.1) is 6.42 Å². The number of aryl methyl sites for hydroxylation is 1. The van der Waals surface area contributed by atoms with Gasteiger partial charge in [-0.2, -0.15) is 0 Å². The molecule has 3 heteroatoms. The van der Waals surface area contributed by atoms with E-state index in [2.05, 4.69) is 18.8 Å². The van der Waals surface area contributed by atoms with Crippen molar-refractivity contribution < 1.29 is 4.79 Å². The van der Waals surface area contributed by atoms with Gasteiger partial charge >= 0.3 is 0 Å². The van der Waals surface area contributed by atoms with E-state index in [0.29, 0.717) is 6.42 Å². The lowest BCUT2D eigenvalue weighted by Gasteiger charge is -2.21. The molecular weight excluding hydrogens is 212 g/mol. The molecule has 1 aromatic heterocycles. The van der Waals surface area contributed by atoms with Crippen LogP contribution in [0.3, 0.4) is 0 Å². The largest absolute Gasteiger partial charge is 0.342 e.